The number of nitrogens with one attached hydrogen (secondary N) is 1. The monoisotopic (exact) mass is 416 g/mol. The Balaban J connectivity index is 1.32. The molecule has 2 saturated heterocycles. The summed E-state index contributed by atoms with van der Waals surface area (Å²) in [6.45, 7) is 6.69. The number of para-hydroxylation sites is 1. The van der Waals surface area contributed by atoms with E-state index in [4.69, 9.17) is 4.74 Å². The fourth-order valence-corrected chi connectivity index (χ4v) is 4.22. The number of ether oxygens (including phenoxy) is 1. The summed E-state index contributed by atoms with van der Waals surface area (Å²) < 4.78 is 5.35. The van der Waals surface area contributed by atoms with Crippen molar-refractivity contribution in [1.29, 1.82) is 0 Å². The highest BCUT2D eigenvalue weighted by molar-refractivity contribution is 5.78. The molecule has 2 aliphatic rings. The van der Waals surface area contributed by atoms with Crippen molar-refractivity contribution in [2.24, 2.45) is 0 Å². The predicted molar refractivity (Wildman–Crippen MR) is 118 cm³/mol. The lowest BCUT2D eigenvalue weighted by atomic mass is 10.1. The van der Waals surface area contributed by atoms with Gasteiger partial charge in [-0.2, -0.15) is 0 Å². The Morgan fingerprint density at radius 3 is 2.20 bits per heavy atom. The molecular formula is C23H36N4O3. The zero-order chi connectivity index (χ0) is 21.2. The van der Waals surface area contributed by atoms with Crippen molar-refractivity contribution >= 4 is 11.8 Å². The molecule has 1 N–H and O–H groups in total. The van der Waals surface area contributed by atoms with Gasteiger partial charge in [0.2, 0.25) is 11.8 Å². The van der Waals surface area contributed by atoms with Crippen molar-refractivity contribution in [2.75, 3.05) is 66.0 Å². The van der Waals surface area contributed by atoms with Gasteiger partial charge in [-0.25, -0.2) is 0 Å². The molecule has 1 aromatic rings. The number of piperazine rings is 1. The maximum absolute atomic E-state index is 12.6. The van der Waals surface area contributed by atoms with Crippen LogP contribution in [0.4, 0.5) is 0 Å². The lowest BCUT2D eigenvalue weighted by molar-refractivity contribution is -0.133. The van der Waals surface area contributed by atoms with E-state index in [2.05, 4.69) is 15.1 Å². The number of hydrogen-bond acceptors (Lipinski definition) is 5. The average molecular weight is 417 g/mol. The lowest BCUT2D eigenvalue weighted by Gasteiger charge is -2.35. The van der Waals surface area contributed by atoms with Gasteiger partial charge in [0.05, 0.1) is 20.2 Å². The van der Waals surface area contributed by atoms with Crippen LogP contribution in [0.2, 0.25) is 0 Å². The van der Waals surface area contributed by atoms with Crippen LogP contribution >= 0.6 is 0 Å². The quantitative estimate of drug-likeness (QED) is 0.694. The van der Waals surface area contributed by atoms with E-state index >= 15 is 0 Å². The Morgan fingerprint density at radius 1 is 0.900 bits per heavy atom. The zero-order valence-electron chi connectivity index (χ0n) is 18.3. The molecule has 0 spiro atoms. The van der Waals surface area contributed by atoms with Crippen LogP contribution in [0.25, 0.3) is 0 Å². The molecule has 166 valence electrons. The van der Waals surface area contributed by atoms with Gasteiger partial charge in [0.1, 0.15) is 5.75 Å². The molecule has 2 fully saturated rings. The third-order valence-electron chi connectivity index (χ3n) is 6.06. The molecule has 2 heterocycles. The molecule has 7 nitrogen and oxygen atoms in total. The molecule has 1 aromatic carbocycles. The summed E-state index contributed by atoms with van der Waals surface area (Å²) in [7, 11) is 1.67. The molecule has 7 heteroatoms. The molecule has 0 unspecified atom stereocenters. The molecular weight excluding hydrogens is 380 g/mol. The van der Waals surface area contributed by atoms with Crippen molar-refractivity contribution in [3.05, 3.63) is 29.8 Å². The van der Waals surface area contributed by atoms with Gasteiger partial charge in [-0.15, -0.1) is 0 Å². The SMILES string of the molecule is COc1ccccc1CCNC(=O)CN1CCN(CC(=O)N2CCCCCC2)CC1. The van der Waals surface area contributed by atoms with E-state index in [1.807, 2.05) is 29.2 Å². The summed E-state index contributed by atoms with van der Waals surface area (Å²) >= 11 is 0. The maximum atomic E-state index is 12.6. The second-order valence-electron chi connectivity index (χ2n) is 8.26. The number of rotatable bonds is 8. The Bertz CT molecular complexity index is 681. The number of benzene rings is 1. The standard InChI is InChI=1S/C23H36N4O3/c1-30-21-9-5-4-8-20(21)10-11-24-22(28)18-25-14-16-26(17-15-25)19-23(29)27-12-6-2-3-7-13-27/h4-5,8-9H,2-3,6-7,10-19H2,1H3,(H,24,28). The summed E-state index contributed by atoms with van der Waals surface area (Å²) in [6.07, 6.45) is 5.49. The van der Waals surface area contributed by atoms with Crippen molar-refractivity contribution in [3.8, 4) is 5.75 Å². The van der Waals surface area contributed by atoms with Crippen LogP contribution in [0.15, 0.2) is 24.3 Å². The van der Waals surface area contributed by atoms with Crippen molar-refractivity contribution in [3.63, 3.8) is 0 Å². The minimum absolute atomic E-state index is 0.0546. The zero-order valence-corrected chi connectivity index (χ0v) is 18.3. The van der Waals surface area contributed by atoms with Gasteiger partial charge in [0.15, 0.2) is 0 Å². The molecule has 0 radical (unpaired) electrons. The molecule has 0 aliphatic carbocycles. The minimum Gasteiger partial charge on any atom is -0.496 e. The number of amides is 2. The van der Waals surface area contributed by atoms with E-state index in [0.29, 0.717) is 19.6 Å². The number of likely N-dealkylation sites (tertiary alicyclic amines) is 1. The van der Waals surface area contributed by atoms with Gasteiger partial charge in [-0.1, -0.05) is 31.0 Å². The third kappa shape index (κ3) is 6.99. The highest BCUT2D eigenvalue weighted by Crippen LogP contribution is 2.17. The Morgan fingerprint density at radius 2 is 1.53 bits per heavy atom. The first-order valence-electron chi connectivity index (χ1n) is 11.3. The third-order valence-corrected chi connectivity index (χ3v) is 6.06. The second-order valence-corrected chi connectivity index (χ2v) is 8.26. The van der Waals surface area contributed by atoms with Crippen molar-refractivity contribution < 1.29 is 14.3 Å². The van der Waals surface area contributed by atoms with Gasteiger partial charge in [-0.3, -0.25) is 19.4 Å². The molecule has 0 aromatic heterocycles. The Hall–Kier alpha value is -2.12. The molecule has 2 aliphatic heterocycles. The topological polar surface area (TPSA) is 65.1 Å². The summed E-state index contributed by atoms with van der Waals surface area (Å²) in [5, 5.41) is 3.01. The summed E-state index contributed by atoms with van der Waals surface area (Å²) in [5.74, 6) is 1.18. The summed E-state index contributed by atoms with van der Waals surface area (Å²) in [5.41, 5.74) is 1.10. The van der Waals surface area contributed by atoms with Crippen LogP contribution in [-0.4, -0.2) is 92.5 Å². The summed E-state index contributed by atoms with van der Waals surface area (Å²) in [6, 6.07) is 7.89. The Kier molecular flexibility index (Phi) is 8.96. The lowest BCUT2D eigenvalue weighted by Crippen LogP contribution is -2.52. The average Bonchev–Trinajstić information content (AvgIpc) is 3.05. The van der Waals surface area contributed by atoms with Crippen LogP contribution < -0.4 is 10.1 Å². The van der Waals surface area contributed by atoms with Crippen LogP contribution in [0, 0.1) is 0 Å². The fraction of sp³-hybridized carbons (Fsp3) is 0.652. The van der Waals surface area contributed by atoms with Crippen LogP contribution in [0.3, 0.4) is 0 Å². The van der Waals surface area contributed by atoms with Gasteiger partial charge in [0.25, 0.3) is 0 Å². The van der Waals surface area contributed by atoms with E-state index in [1.54, 1.807) is 7.11 Å². The smallest absolute Gasteiger partial charge is 0.236 e. The molecule has 0 atom stereocenters. The Labute approximate surface area is 180 Å². The van der Waals surface area contributed by atoms with Gasteiger partial charge in [-0.05, 0) is 30.9 Å². The fourth-order valence-electron chi connectivity index (χ4n) is 4.22. The largest absolute Gasteiger partial charge is 0.496 e. The maximum Gasteiger partial charge on any atom is 0.236 e. The number of nitrogens with zero attached hydrogens (tertiary/aromatic N) is 3. The van der Waals surface area contributed by atoms with E-state index < -0.39 is 0 Å². The minimum atomic E-state index is 0.0546. The molecule has 30 heavy (non-hydrogen) atoms. The summed E-state index contributed by atoms with van der Waals surface area (Å²) in [4.78, 5) is 31.3. The van der Waals surface area contributed by atoms with Gasteiger partial charge in [0, 0.05) is 45.8 Å². The van der Waals surface area contributed by atoms with Gasteiger partial charge < -0.3 is 15.0 Å². The molecule has 0 bridgehead atoms. The van der Waals surface area contributed by atoms with Crippen molar-refractivity contribution in [2.45, 2.75) is 32.1 Å². The first-order valence-corrected chi connectivity index (χ1v) is 11.3. The highest BCUT2D eigenvalue weighted by Gasteiger charge is 2.23. The van der Waals surface area contributed by atoms with E-state index in [9.17, 15) is 9.59 Å². The normalized spacial score (nSPS) is 18.6. The highest BCUT2D eigenvalue weighted by atomic mass is 16.5. The van der Waals surface area contributed by atoms with E-state index in [-0.39, 0.29) is 11.8 Å². The number of carbonyl (C=O) groups excluding carboxylic acids is 2. The number of methoxy groups -OCH3 is 1. The molecule has 0 saturated carbocycles. The second kappa shape index (κ2) is 11.9. The number of carbonyl (C=O) groups is 2. The van der Waals surface area contributed by atoms with Crippen LogP contribution in [0.5, 0.6) is 5.75 Å². The van der Waals surface area contributed by atoms with E-state index in [0.717, 1.165) is 69.8 Å². The number of hydrogen-bond donors (Lipinski definition) is 1. The van der Waals surface area contributed by atoms with Gasteiger partial charge >= 0.3 is 0 Å². The predicted octanol–water partition coefficient (Wildman–Crippen LogP) is 1.37. The van der Waals surface area contributed by atoms with Crippen LogP contribution in [-0.2, 0) is 16.0 Å². The first kappa shape index (κ1) is 22.6. The molecule has 3 rings (SSSR count). The first-order chi connectivity index (χ1) is 14.7. The molecule has 2 amide bonds. The van der Waals surface area contributed by atoms with Crippen molar-refractivity contribution in [1.82, 2.24) is 20.0 Å². The van der Waals surface area contributed by atoms with E-state index in [1.165, 1.54) is 12.8 Å². The van der Waals surface area contributed by atoms with Crippen LogP contribution in [0.1, 0.15) is 31.2 Å².